The van der Waals surface area contributed by atoms with Gasteiger partial charge in [0.05, 0.1) is 11.3 Å². The number of aryl methyl sites for hydroxylation is 1. The normalized spacial score (nSPS) is 11.3. The lowest BCUT2D eigenvalue weighted by molar-refractivity contribution is -0.130. The fourth-order valence-corrected chi connectivity index (χ4v) is 1.67. The highest BCUT2D eigenvalue weighted by molar-refractivity contribution is 6.20. The summed E-state index contributed by atoms with van der Waals surface area (Å²) < 4.78 is 0. The van der Waals surface area contributed by atoms with Gasteiger partial charge < -0.3 is 5.11 Å². The summed E-state index contributed by atoms with van der Waals surface area (Å²) in [5.41, 5.74) is 2.59. The molecule has 2 aromatic rings. The number of pyridine rings is 1. The molecule has 0 spiro atoms. The van der Waals surface area contributed by atoms with E-state index in [0.29, 0.717) is 5.69 Å². The Labute approximate surface area is 105 Å². The maximum absolute atomic E-state index is 11.3. The molecule has 3 nitrogen and oxygen atoms in total. The largest absolute Gasteiger partial charge is 0.478 e. The average Bonchev–Trinajstić information content (AvgIpc) is 2.38. The zero-order chi connectivity index (χ0) is 13.0. The summed E-state index contributed by atoms with van der Waals surface area (Å²) in [4.78, 5) is 15.4. The molecular weight excluding hydrogens is 226 g/mol. The van der Waals surface area contributed by atoms with Crippen molar-refractivity contribution in [2.24, 2.45) is 0 Å². The maximum atomic E-state index is 11.3. The fourth-order valence-electron chi connectivity index (χ4n) is 1.67. The molecule has 1 aromatic carbocycles. The van der Waals surface area contributed by atoms with Gasteiger partial charge in [0.1, 0.15) is 0 Å². The van der Waals surface area contributed by atoms with Gasteiger partial charge in [-0.2, -0.15) is 0 Å². The highest BCUT2D eigenvalue weighted by Gasteiger charge is 2.11. The third kappa shape index (κ3) is 2.63. The number of aliphatic carboxylic acids is 1. The molecule has 0 saturated heterocycles. The summed E-state index contributed by atoms with van der Waals surface area (Å²) in [6.07, 6.45) is 3.24. The van der Waals surface area contributed by atoms with E-state index in [9.17, 15) is 9.90 Å². The zero-order valence-electron chi connectivity index (χ0n) is 10.00. The second-order valence-electron chi connectivity index (χ2n) is 3.93. The Bertz CT molecular complexity index is 588. The van der Waals surface area contributed by atoms with E-state index in [1.807, 2.05) is 31.2 Å². The number of benzene rings is 1. The predicted molar refractivity (Wildman–Crippen MR) is 70.9 cm³/mol. The molecule has 1 N–H and O–H groups in total. The first-order valence-electron chi connectivity index (χ1n) is 5.60. The van der Waals surface area contributed by atoms with Gasteiger partial charge >= 0.3 is 5.97 Å². The van der Waals surface area contributed by atoms with Gasteiger partial charge in [-0.25, -0.2) is 4.79 Å². The molecule has 3 heteroatoms. The molecule has 1 aromatic heterocycles. The van der Waals surface area contributed by atoms with Gasteiger partial charge in [0.15, 0.2) is 0 Å². The number of carboxylic acid groups (broad SMARTS) is 1. The first-order valence-corrected chi connectivity index (χ1v) is 5.60. The highest BCUT2D eigenvalue weighted by Crippen LogP contribution is 2.18. The first kappa shape index (κ1) is 12.0. The van der Waals surface area contributed by atoms with Crippen LogP contribution in [0.2, 0.25) is 0 Å². The van der Waals surface area contributed by atoms with Crippen LogP contribution in [0.25, 0.3) is 11.6 Å². The maximum Gasteiger partial charge on any atom is 0.337 e. The van der Waals surface area contributed by atoms with E-state index in [-0.39, 0.29) is 5.57 Å². The Balaban J connectivity index is 2.50. The number of carbonyl (C=O) groups is 1. The fraction of sp³-hybridized carbons (Fsp3) is 0.0667. The predicted octanol–water partition coefficient (Wildman–Crippen LogP) is 3.02. The van der Waals surface area contributed by atoms with Gasteiger partial charge in [0, 0.05) is 6.20 Å². The summed E-state index contributed by atoms with van der Waals surface area (Å²) in [6, 6.07) is 12.9. The molecule has 0 fully saturated rings. The van der Waals surface area contributed by atoms with E-state index >= 15 is 0 Å². The highest BCUT2D eigenvalue weighted by atomic mass is 16.4. The van der Waals surface area contributed by atoms with Gasteiger partial charge in [-0.05, 0) is 36.3 Å². The van der Waals surface area contributed by atoms with Crippen molar-refractivity contribution in [3.05, 3.63) is 65.5 Å². The van der Waals surface area contributed by atoms with E-state index in [0.717, 1.165) is 11.1 Å². The molecule has 0 aliphatic heterocycles. The van der Waals surface area contributed by atoms with Crippen molar-refractivity contribution in [2.75, 3.05) is 0 Å². The summed E-state index contributed by atoms with van der Waals surface area (Å²) in [5, 5.41) is 9.27. The third-order valence-electron chi connectivity index (χ3n) is 2.66. The van der Waals surface area contributed by atoms with Crippen LogP contribution in [-0.2, 0) is 4.79 Å². The van der Waals surface area contributed by atoms with Crippen LogP contribution >= 0.6 is 0 Å². The number of hydrogen-bond donors (Lipinski definition) is 1. The number of aromatic nitrogens is 1. The summed E-state index contributed by atoms with van der Waals surface area (Å²) in [7, 11) is 0. The molecule has 90 valence electrons. The molecule has 0 bridgehead atoms. The molecule has 2 rings (SSSR count). The van der Waals surface area contributed by atoms with Crippen LogP contribution in [0, 0.1) is 6.92 Å². The van der Waals surface area contributed by atoms with Crippen molar-refractivity contribution in [3.8, 4) is 0 Å². The molecule has 0 unspecified atom stereocenters. The average molecular weight is 239 g/mol. The Hall–Kier alpha value is -2.42. The van der Waals surface area contributed by atoms with Crippen molar-refractivity contribution >= 4 is 17.6 Å². The van der Waals surface area contributed by atoms with Crippen molar-refractivity contribution < 1.29 is 9.90 Å². The van der Waals surface area contributed by atoms with Gasteiger partial charge in [0.2, 0.25) is 0 Å². The molecule has 0 aliphatic rings. The topological polar surface area (TPSA) is 50.2 Å². The van der Waals surface area contributed by atoms with Gasteiger partial charge in [-0.1, -0.05) is 30.3 Å². The van der Waals surface area contributed by atoms with Crippen molar-refractivity contribution in [1.29, 1.82) is 0 Å². The number of carboxylic acids is 1. The summed E-state index contributed by atoms with van der Waals surface area (Å²) >= 11 is 0. The Morgan fingerprint density at radius 1 is 1.17 bits per heavy atom. The summed E-state index contributed by atoms with van der Waals surface area (Å²) in [5.74, 6) is -0.975. The zero-order valence-corrected chi connectivity index (χ0v) is 10.00. The molecule has 0 radical (unpaired) electrons. The lowest BCUT2D eigenvalue weighted by Crippen LogP contribution is -2.01. The molecule has 0 aliphatic carbocycles. The van der Waals surface area contributed by atoms with E-state index in [2.05, 4.69) is 4.98 Å². The molecule has 1 heterocycles. The molecule has 0 atom stereocenters. The minimum Gasteiger partial charge on any atom is -0.478 e. The monoisotopic (exact) mass is 239 g/mol. The molecule has 0 saturated carbocycles. The number of nitrogens with zero attached hydrogens (tertiary/aromatic N) is 1. The second kappa shape index (κ2) is 5.27. The van der Waals surface area contributed by atoms with E-state index in [4.69, 9.17) is 0 Å². The van der Waals surface area contributed by atoms with Crippen molar-refractivity contribution in [1.82, 2.24) is 4.98 Å². The lowest BCUT2D eigenvalue weighted by atomic mass is 10.0. The first-order chi connectivity index (χ1) is 8.68. The molecular formula is C15H13NO2. The van der Waals surface area contributed by atoms with Gasteiger partial charge in [0.25, 0.3) is 0 Å². The van der Waals surface area contributed by atoms with Crippen molar-refractivity contribution in [3.63, 3.8) is 0 Å². The third-order valence-corrected chi connectivity index (χ3v) is 2.66. The van der Waals surface area contributed by atoms with Gasteiger partial charge in [-0.3, -0.25) is 4.98 Å². The minimum atomic E-state index is -0.975. The van der Waals surface area contributed by atoms with Crippen LogP contribution in [0.1, 0.15) is 16.8 Å². The Morgan fingerprint density at radius 3 is 2.50 bits per heavy atom. The summed E-state index contributed by atoms with van der Waals surface area (Å²) in [6.45, 7) is 1.95. The molecule has 18 heavy (non-hydrogen) atoms. The number of hydrogen-bond acceptors (Lipinski definition) is 2. The molecule has 0 amide bonds. The number of rotatable bonds is 3. The quantitative estimate of drug-likeness (QED) is 0.837. The smallest absolute Gasteiger partial charge is 0.337 e. The Morgan fingerprint density at radius 2 is 1.89 bits per heavy atom. The van der Waals surface area contributed by atoms with Crippen molar-refractivity contribution in [2.45, 2.75) is 6.92 Å². The second-order valence-corrected chi connectivity index (χ2v) is 3.93. The van der Waals surface area contributed by atoms with Crippen LogP contribution in [0.4, 0.5) is 0 Å². The minimum absolute atomic E-state index is 0.199. The van der Waals surface area contributed by atoms with Crippen LogP contribution in [0.3, 0.4) is 0 Å². The van der Waals surface area contributed by atoms with Crippen LogP contribution in [-0.4, -0.2) is 16.1 Å². The van der Waals surface area contributed by atoms with E-state index in [1.165, 1.54) is 0 Å². The van der Waals surface area contributed by atoms with E-state index < -0.39 is 5.97 Å². The van der Waals surface area contributed by atoms with Crippen LogP contribution in [0.5, 0.6) is 0 Å². The van der Waals surface area contributed by atoms with Crippen LogP contribution < -0.4 is 0 Å². The standard InChI is InChI=1S/C15H13NO2/c1-11-6-2-3-7-12(11)10-13(15(17)18)14-8-4-5-9-16-14/h2-10H,1H3,(H,17,18)/b13-10+. The van der Waals surface area contributed by atoms with E-state index in [1.54, 1.807) is 30.5 Å². The van der Waals surface area contributed by atoms with Crippen LogP contribution in [0.15, 0.2) is 48.7 Å². The SMILES string of the molecule is Cc1ccccc1/C=C(/C(=O)O)c1ccccn1. The lowest BCUT2D eigenvalue weighted by Gasteiger charge is -2.04. The van der Waals surface area contributed by atoms with Gasteiger partial charge in [-0.15, -0.1) is 0 Å². The Kier molecular flexibility index (Phi) is 3.53.